The number of nitrogens with two attached hydrogens (primary N) is 1. The van der Waals surface area contributed by atoms with Gasteiger partial charge in [-0.1, -0.05) is 11.8 Å². The Kier molecular flexibility index (Phi) is 6.37. The lowest BCUT2D eigenvalue weighted by molar-refractivity contribution is 0.200. The van der Waals surface area contributed by atoms with Crippen molar-refractivity contribution < 1.29 is 4.74 Å². The van der Waals surface area contributed by atoms with E-state index in [0.717, 1.165) is 35.9 Å². The van der Waals surface area contributed by atoms with E-state index in [1.165, 1.54) is 0 Å². The highest BCUT2D eigenvalue weighted by Crippen LogP contribution is 2.13. The Morgan fingerprint density at radius 1 is 1.44 bits per heavy atom. The molecule has 0 amide bonds. The molecular formula is C11H19N3OS. The zero-order valence-electron chi connectivity index (χ0n) is 9.85. The molecule has 0 bridgehead atoms. The van der Waals surface area contributed by atoms with Crippen LogP contribution in [0.2, 0.25) is 0 Å². The maximum atomic E-state index is 5.70. The number of nitrogens with zero attached hydrogens (tertiary/aromatic N) is 2. The molecule has 2 N–H and O–H groups in total. The van der Waals surface area contributed by atoms with Crippen LogP contribution in [0.4, 0.5) is 0 Å². The second-order valence-electron chi connectivity index (χ2n) is 3.75. The maximum absolute atomic E-state index is 5.70. The zero-order chi connectivity index (χ0) is 11.8. The molecule has 0 fully saturated rings. The van der Waals surface area contributed by atoms with Crippen LogP contribution in [0, 0.1) is 0 Å². The number of methoxy groups -OCH3 is 1. The lowest BCUT2D eigenvalue weighted by Gasteiger charge is -2.04. The van der Waals surface area contributed by atoms with E-state index in [2.05, 4.69) is 9.97 Å². The van der Waals surface area contributed by atoms with Crippen LogP contribution in [0.5, 0.6) is 0 Å². The first-order valence-electron chi connectivity index (χ1n) is 5.40. The molecule has 1 aromatic heterocycles. The predicted octanol–water partition coefficient (Wildman–Crippen LogP) is 1.49. The quantitative estimate of drug-likeness (QED) is 0.445. The minimum absolute atomic E-state index is 0.156. The molecule has 0 aliphatic rings. The monoisotopic (exact) mass is 241 g/mol. The maximum Gasteiger partial charge on any atom is 0.187 e. The summed E-state index contributed by atoms with van der Waals surface area (Å²) in [4.78, 5) is 8.57. The van der Waals surface area contributed by atoms with Crippen LogP contribution in [-0.2, 0) is 11.2 Å². The van der Waals surface area contributed by atoms with Crippen LogP contribution in [0.1, 0.15) is 18.9 Å². The average molecular weight is 241 g/mol. The Morgan fingerprint density at radius 3 is 2.69 bits per heavy atom. The van der Waals surface area contributed by atoms with Crippen molar-refractivity contribution >= 4 is 11.8 Å². The average Bonchev–Trinajstić information content (AvgIpc) is 2.26. The van der Waals surface area contributed by atoms with Crippen molar-refractivity contribution in [3.63, 3.8) is 0 Å². The molecule has 0 radical (unpaired) electrons. The Hall–Kier alpha value is -0.650. The first-order chi connectivity index (χ1) is 7.72. The number of thioether (sulfide) groups is 1. The van der Waals surface area contributed by atoms with Crippen LogP contribution in [0.25, 0.3) is 0 Å². The molecule has 0 aromatic carbocycles. The molecule has 1 aromatic rings. The lowest BCUT2D eigenvalue weighted by atomic mass is 10.1. The molecule has 90 valence electrons. The van der Waals surface area contributed by atoms with E-state index in [9.17, 15) is 0 Å². The number of hydrogen-bond acceptors (Lipinski definition) is 5. The normalized spacial score (nSPS) is 12.7. The summed E-state index contributed by atoms with van der Waals surface area (Å²) in [6.45, 7) is 2.77. The largest absolute Gasteiger partial charge is 0.385 e. The molecule has 5 heteroatoms. The van der Waals surface area contributed by atoms with Crippen LogP contribution in [-0.4, -0.2) is 35.5 Å². The van der Waals surface area contributed by atoms with Gasteiger partial charge in [0.05, 0.1) is 0 Å². The first kappa shape index (κ1) is 13.4. The number of ether oxygens (including phenoxy) is 1. The second kappa shape index (κ2) is 7.60. The fraction of sp³-hybridized carbons (Fsp3) is 0.636. The lowest BCUT2D eigenvalue weighted by Crippen LogP contribution is -2.18. The molecule has 0 aliphatic carbocycles. The van der Waals surface area contributed by atoms with Crippen molar-refractivity contribution in [2.24, 2.45) is 5.73 Å². The van der Waals surface area contributed by atoms with Gasteiger partial charge in [-0.2, -0.15) is 0 Å². The van der Waals surface area contributed by atoms with Crippen molar-refractivity contribution in [1.29, 1.82) is 0 Å². The summed E-state index contributed by atoms with van der Waals surface area (Å²) in [5.41, 5.74) is 6.80. The Bertz CT molecular complexity index is 290. The van der Waals surface area contributed by atoms with E-state index in [-0.39, 0.29) is 6.04 Å². The second-order valence-corrected chi connectivity index (χ2v) is 4.81. The van der Waals surface area contributed by atoms with Gasteiger partial charge in [0.1, 0.15) is 0 Å². The number of hydrogen-bond donors (Lipinski definition) is 1. The summed E-state index contributed by atoms with van der Waals surface area (Å²) < 4.78 is 4.97. The number of rotatable bonds is 7. The van der Waals surface area contributed by atoms with Gasteiger partial charge in [-0.3, -0.25) is 0 Å². The molecule has 0 saturated heterocycles. The smallest absolute Gasteiger partial charge is 0.187 e. The van der Waals surface area contributed by atoms with Gasteiger partial charge in [0, 0.05) is 37.9 Å². The van der Waals surface area contributed by atoms with Crippen LogP contribution < -0.4 is 5.73 Å². The summed E-state index contributed by atoms with van der Waals surface area (Å²) in [5.74, 6) is 0.987. The third-order valence-electron chi connectivity index (χ3n) is 1.96. The molecule has 0 aliphatic heterocycles. The fourth-order valence-corrected chi connectivity index (χ4v) is 1.96. The van der Waals surface area contributed by atoms with Crippen molar-refractivity contribution in [3.8, 4) is 0 Å². The molecule has 16 heavy (non-hydrogen) atoms. The summed E-state index contributed by atoms with van der Waals surface area (Å²) in [6, 6.07) is 0.156. The first-order valence-corrected chi connectivity index (χ1v) is 6.39. The van der Waals surface area contributed by atoms with Gasteiger partial charge < -0.3 is 10.5 Å². The van der Waals surface area contributed by atoms with E-state index in [1.807, 2.05) is 19.3 Å². The Balaban J connectivity index is 2.33. The fourth-order valence-electron chi connectivity index (χ4n) is 1.26. The molecule has 1 atom stereocenters. The molecule has 1 rings (SSSR count). The summed E-state index contributed by atoms with van der Waals surface area (Å²) in [7, 11) is 1.71. The van der Waals surface area contributed by atoms with Gasteiger partial charge in [-0.15, -0.1) is 0 Å². The summed E-state index contributed by atoms with van der Waals surface area (Å²) in [6.07, 6.45) is 5.56. The molecule has 1 heterocycles. The van der Waals surface area contributed by atoms with Gasteiger partial charge in [-0.25, -0.2) is 9.97 Å². The molecule has 0 saturated carbocycles. The van der Waals surface area contributed by atoms with E-state index < -0.39 is 0 Å². The minimum atomic E-state index is 0.156. The standard InChI is InChI=1S/C11H19N3OS/c1-9(12)6-10-7-13-11(14-8-10)16-5-3-4-15-2/h7-9H,3-6,12H2,1-2H3. The van der Waals surface area contributed by atoms with Gasteiger partial charge >= 0.3 is 0 Å². The molecule has 4 nitrogen and oxygen atoms in total. The third kappa shape index (κ3) is 5.44. The van der Waals surface area contributed by atoms with E-state index in [4.69, 9.17) is 10.5 Å². The van der Waals surface area contributed by atoms with Crippen LogP contribution in [0.15, 0.2) is 17.6 Å². The van der Waals surface area contributed by atoms with E-state index in [1.54, 1.807) is 18.9 Å². The Morgan fingerprint density at radius 2 is 2.12 bits per heavy atom. The predicted molar refractivity (Wildman–Crippen MR) is 66.6 cm³/mol. The van der Waals surface area contributed by atoms with Gasteiger partial charge in [0.2, 0.25) is 0 Å². The van der Waals surface area contributed by atoms with Crippen molar-refractivity contribution in [2.45, 2.75) is 31.0 Å². The highest BCUT2D eigenvalue weighted by atomic mass is 32.2. The topological polar surface area (TPSA) is 61.0 Å². The molecule has 0 spiro atoms. The van der Waals surface area contributed by atoms with Crippen molar-refractivity contribution in [2.75, 3.05) is 19.5 Å². The minimum Gasteiger partial charge on any atom is -0.385 e. The van der Waals surface area contributed by atoms with Gasteiger partial charge in [-0.05, 0) is 25.3 Å². The number of aromatic nitrogens is 2. The zero-order valence-corrected chi connectivity index (χ0v) is 10.7. The van der Waals surface area contributed by atoms with Crippen LogP contribution >= 0.6 is 11.8 Å². The SMILES string of the molecule is COCCCSc1ncc(CC(C)N)cn1. The van der Waals surface area contributed by atoms with Gasteiger partial charge in [0.15, 0.2) is 5.16 Å². The van der Waals surface area contributed by atoms with Crippen molar-refractivity contribution in [1.82, 2.24) is 9.97 Å². The van der Waals surface area contributed by atoms with E-state index in [0.29, 0.717) is 0 Å². The van der Waals surface area contributed by atoms with Crippen molar-refractivity contribution in [3.05, 3.63) is 18.0 Å². The van der Waals surface area contributed by atoms with E-state index >= 15 is 0 Å². The summed E-state index contributed by atoms with van der Waals surface area (Å²) >= 11 is 1.65. The summed E-state index contributed by atoms with van der Waals surface area (Å²) in [5, 5.41) is 0.824. The third-order valence-corrected chi connectivity index (χ3v) is 2.93. The van der Waals surface area contributed by atoms with Gasteiger partial charge in [0.25, 0.3) is 0 Å². The Labute approximate surface area is 101 Å². The molecule has 1 unspecified atom stereocenters. The molecular weight excluding hydrogens is 222 g/mol. The highest BCUT2D eigenvalue weighted by molar-refractivity contribution is 7.99. The van der Waals surface area contributed by atoms with Crippen LogP contribution in [0.3, 0.4) is 0 Å². The highest BCUT2D eigenvalue weighted by Gasteiger charge is 2.01.